The Morgan fingerprint density at radius 3 is 2.62 bits per heavy atom. The van der Waals surface area contributed by atoms with Crippen LogP contribution in [0.2, 0.25) is 0 Å². The first-order valence-corrected chi connectivity index (χ1v) is 5.27. The summed E-state index contributed by atoms with van der Waals surface area (Å²) < 4.78 is 0. The van der Waals surface area contributed by atoms with E-state index in [4.69, 9.17) is 5.11 Å². The highest BCUT2D eigenvalue weighted by molar-refractivity contribution is 5.94. The molecule has 0 spiro atoms. The van der Waals surface area contributed by atoms with E-state index in [9.17, 15) is 9.59 Å². The molecule has 0 saturated heterocycles. The molecule has 1 aromatic heterocycles. The number of unbranched alkanes of at least 4 members (excludes halogenated alkanes) is 1. The van der Waals surface area contributed by atoms with Crippen LogP contribution in [0.4, 0.5) is 0 Å². The molecular weight excluding hydrogens is 206 g/mol. The van der Waals surface area contributed by atoms with Crippen LogP contribution in [0.15, 0.2) is 18.3 Å². The summed E-state index contributed by atoms with van der Waals surface area (Å²) in [6.07, 6.45) is 3.23. The molecule has 1 heterocycles. The highest BCUT2D eigenvalue weighted by atomic mass is 16.4. The minimum absolute atomic E-state index is 0.0194. The van der Waals surface area contributed by atoms with E-state index in [-0.39, 0.29) is 12.2 Å². The Kier molecular flexibility index (Phi) is 4.64. The number of carbonyl (C=O) groups excluding carboxylic acids is 1. The molecule has 0 fully saturated rings. The molecule has 1 N–H and O–H groups in total. The van der Waals surface area contributed by atoms with E-state index in [1.165, 1.54) is 0 Å². The molecule has 4 heteroatoms. The molecule has 4 nitrogen and oxygen atoms in total. The van der Waals surface area contributed by atoms with E-state index < -0.39 is 5.97 Å². The molecule has 0 radical (unpaired) electrons. The lowest BCUT2D eigenvalue weighted by molar-refractivity contribution is -0.137. The van der Waals surface area contributed by atoms with Crippen molar-refractivity contribution in [3.05, 3.63) is 29.6 Å². The smallest absolute Gasteiger partial charge is 0.303 e. The molecule has 86 valence electrons. The summed E-state index contributed by atoms with van der Waals surface area (Å²) in [5.74, 6) is -0.838. The Hall–Kier alpha value is -1.71. The Labute approximate surface area is 94.3 Å². The summed E-state index contributed by atoms with van der Waals surface area (Å²) in [6.45, 7) is 1.91. The van der Waals surface area contributed by atoms with Gasteiger partial charge in [0, 0.05) is 19.0 Å². The minimum Gasteiger partial charge on any atom is -0.481 e. The lowest BCUT2D eigenvalue weighted by atomic mass is 10.1. The summed E-state index contributed by atoms with van der Waals surface area (Å²) in [5, 5.41) is 8.43. The van der Waals surface area contributed by atoms with Gasteiger partial charge >= 0.3 is 5.97 Å². The van der Waals surface area contributed by atoms with Crippen LogP contribution in [0.1, 0.15) is 41.7 Å². The fourth-order valence-electron chi connectivity index (χ4n) is 1.38. The van der Waals surface area contributed by atoms with E-state index in [1.807, 2.05) is 13.0 Å². The number of aromatic nitrogens is 1. The highest BCUT2D eigenvalue weighted by Crippen LogP contribution is 2.07. The number of hydrogen-bond acceptors (Lipinski definition) is 3. The first-order chi connectivity index (χ1) is 7.59. The molecule has 0 unspecified atom stereocenters. The number of aliphatic carboxylic acids is 1. The number of aryl methyl sites for hydroxylation is 1. The van der Waals surface area contributed by atoms with Gasteiger partial charge in [-0.3, -0.25) is 14.6 Å². The number of carboxylic acids is 1. The third-order valence-electron chi connectivity index (χ3n) is 2.25. The van der Waals surface area contributed by atoms with Gasteiger partial charge in [0.15, 0.2) is 5.78 Å². The van der Waals surface area contributed by atoms with Crippen molar-refractivity contribution < 1.29 is 14.7 Å². The fourth-order valence-corrected chi connectivity index (χ4v) is 1.38. The van der Waals surface area contributed by atoms with Gasteiger partial charge in [-0.2, -0.15) is 0 Å². The lowest BCUT2D eigenvalue weighted by Crippen LogP contribution is -2.03. The highest BCUT2D eigenvalue weighted by Gasteiger charge is 2.07. The predicted octanol–water partition coefficient (Wildman–Crippen LogP) is 2.22. The number of hydrogen-bond donors (Lipinski definition) is 1. The van der Waals surface area contributed by atoms with Crippen LogP contribution in [0, 0.1) is 6.92 Å². The second-order valence-electron chi connectivity index (χ2n) is 3.74. The van der Waals surface area contributed by atoms with Crippen LogP contribution in [0.5, 0.6) is 0 Å². The molecule has 16 heavy (non-hydrogen) atoms. The van der Waals surface area contributed by atoms with Gasteiger partial charge in [-0.1, -0.05) is 0 Å². The van der Waals surface area contributed by atoms with Gasteiger partial charge in [0.1, 0.15) is 5.69 Å². The number of carbonyl (C=O) groups is 2. The maximum atomic E-state index is 11.6. The zero-order valence-corrected chi connectivity index (χ0v) is 9.27. The first kappa shape index (κ1) is 12.4. The van der Waals surface area contributed by atoms with Crippen molar-refractivity contribution in [3.63, 3.8) is 0 Å². The van der Waals surface area contributed by atoms with Gasteiger partial charge in [0.2, 0.25) is 0 Å². The monoisotopic (exact) mass is 221 g/mol. The summed E-state index contributed by atoms with van der Waals surface area (Å²) >= 11 is 0. The number of nitrogens with zero attached hydrogens (tertiary/aromatic N) is 1. The van der Waals surface area contributed by atoms with Crippen LogP contribution in [0.3, 0.4) is 0 Å². The molecule has 0 saturated carbocycles. The van der Waals surface area contributed by atoms with E-state index in [1.54, 1.807) is 12.3 Å². The summed E-state index contributed by atoms with van der Waals surface area (Å²) in [6, 6.07) is 3.58. The Morgan fingerprint density at radius 2 is 2.00 bits per heavy atom. The number of Topliss-reactive ketones (excluding diaryl/α,β-unsaturated/α-hetero) is 1. The maximum Gasteiger partial charge on any atom is 0.303 e. The van der Waals surface area contributed by atoms with Crippen molar-refractivity contribution >= 4 is 11.8 Å². The van der Waals surface area contributed by atoms with E-state index in [0.29, 0.717) is 25.0 Å². The number of ketones is 1. The normalized spacial score (nSPS) is 10.1. The van der Waals surface area contributed by atoms with Crippen molar-refractivity contribution in [2.24, 2.45) is 0 Å². The van der Waals surface area contributed by atoms with Crippen molar-refractivity contribution in [1.29, 1.82) is 0 Å². The third-order valence-corrected chi connectivity index (χ3v) is 2.25. The van der Waals surface area contributed by atoms with E-state index in [0.717, 1.165) is 5.56 Å². The number of pyridine rings is 1. The largest absolute Gasteiger partial charge is 0.481 e. The molecule has 0 aliphatic rings. The second kappa shape index (κ2) is 6.00. The van der Waals surface area contributed by atoms with Crippen LogP contribution >= 0.6 is 0 Å². The van der Waals surface area contributed by atoms with Gasteiger partial charge in [0.25, 0.3) is 0 Å². The van der Waals surface area contributed by atoms with Gasteiger partial charge in [0.05, 0.1) is 0 Å². The Bertz CT molecular complexity index is 388. The van der Waals surface area contributed by atoms with Crippen molar-refractivity contribution in [1.82, 2.24) is 4.98 Å². The first-order valence-electron chi connectivity index (χ1n) is 5.27. The molecule has 0 aromatic carbocycles. The van der Waals surface area contributed by atoms with Crippen molar-refractivity contribution in [2.45, 2.75) is 32.6 Å². The molecular formula is C12H15NO3. The molecule has 0 amide bonds. The van der Waals surface area contributed by atoms with Crippen LogP contribution < -0.4 is 0 Å². The summed E-state index contributed by atoms with van der Waals surface area (Å²) in [7, 11) is 0. The third kappa shape index (κ3) is 4.21. The average molecular weight is 221 g/mol. The topological polar surface area (TPSA) is 67.3 Å². The molecule has 0 aliphatic carbocycles. The van der Waals surface area contributed by atoms with Crippen molar-refractivity contribution in [3.8, 4) is 0 Å². The summed E-state index contributed by atoms with van der Waals surface area (Å²) in [4.78, 5) is 25.9. The average Bonchev–Trinajstić information content (AvgIpc) is 2.24. The standard InChI is InChI=1S/C12H15NO3/c1-9-6-7-13-10(8-9)11(14)4-2-3-5-12(15)16/h6-8H,2-5H2,1H3,(H,15,16). The predicted molar refractivity (Wildman–Crippen MR) is 59.4 cm³/mol. The van der Waals surface area contributed by atoms with Gasteiger partial charge in [-0.25, -0.2) is 0 Å². The van der Waals surface area contributed by atoms with Crippen LogP contribution in [-0.2, 0) is 4.79 Å². The number of rotatable bonds is 6. The van der Waals surface area contributed by atoms with E-state index >= 15 is 0 Å². The Balaban J connectivity index is 2.38. The summed E-state index contributed by atoms with van der Waals surface area (Å²) in [5.41, 5.74) is 1.47. The van der Waals surface area contributed by atoms with Gasteiger partial charge < -0.3 is 5.11 Å². The molecule has 0 atom stereocenters. The van der Waals surface area contributed by atoms with Crippen LogP contribution in [0.25, 0.3) is 0 Å². The molecule has 1 aromatic rings. The van der Waals surface area contributed by atoms with Gasteiger partial charge in [-0.05, 0) is 37.5 Å². The SMILES string of the molecule is Cc1ccnc(C(=O)CCCCC(=O)O)c1. The molecule has 1 rings (SSSR count). The van der Waals surface area contributed by atoms with Crippen LogP contribution in [-0.4, -0.2) is 21.8 Å². The second-order valence-corrected chi connectivity index (χ2v) is 3.74. The fraction of sp³-hybridized carbons (Fsp3) is 0.417. The van der Waals surface area contributed by atoms with Crippen molar-refractivity contribution in [2.75, 3.05) is 0 Å². The minimum atomic E-state index is -0.818. The lowest BCUT2D eigenvalue weighted by Gasteiger charge is -2.00. The maximum absolute atomic E-state index is 11.6. The Morgan fingerprint density at radius 1 is 1.31 bits per heavy atom. The molecule has 0 bridgehead atoms. The zero-order chi connectivity index (χ0) is 12.0. The van der Waals surface area contributed by atoms with Gasteiger partial charge in [-0.15, -0.1) is 0 Å². The van der Waals surface area contributed by atoms with E-state index in [2.05, 4.69) is 4.98 Å². The zero-order valence-electron chi connectivity index (χ0n) is 9.27. The number of carboxylic acid groups (broad SMARTS) is 1. The quantitative estimate of drug-likeness (QED) is 0.590. The molecule has 0 aliphatic heterocycles.